The van der Waals surface area contributed by atoms with Crippen molar-refractivity contribution in [2.24, 2.45) is 0 Å². The minimum absolute atomic E-state index is 0.151. The Hall–Kier alpha value is -2.45. The average Bonchev–Trinajstić information content (AvgIpc) is 3.14. The fourth-order valence-corrected chi connectivity index (χ4v) is 3.71. The summed E-state index contributed by atoms with van der Waals surface area (Å²) in [5.74, 6) is 1.27. The Morgan fingerprint density at radius 1 is 1.15 bits per heavy atom. The molecule has 0 bridgehead atoms. The standard InChI is InChI=1S/C18H16N2O4S2/c1-23-17(22)15-8-7-13(24-15)11-26-18-19-12(9-16(21)20-18)10-25-14-5-3-2-4-6-14/h2-9H,10-11H2,1H3,(H,19,20,21). The molecular weight excluding hydrogens is 372 g/mol. The molecule has 0 amide bonds. The SMILES string of the molecule is COC(=O)c1ccc(CSc2nc(CSc3ccccc3)cc(=O)[nH]2)o1. The number of furan rings is 1. The van der Waals surface area contributed by atoms with Crippen LogP contribution in [-0.2, 0) is 16.2 Å². The molecule has 26 heavy (non-hydrogen) atoms. The van der Waals surface area contributed by atoms with Crippen LogP contribution in [0.4, 0.5) is 0 Å². The zero-order chi connectivity index (χ0) is 18.4. The molecule has 0 aliphatic heterocycles. The smallest absolute Gasteiger partial charge is 0.373 e. The average molecular weight is 388 g/mol. The van der Waals surface area contributed by atoms with Crippen LogP contribution in [0, 0.1) is 0 Å². The van der Waals surface area contributed by atoms with Gasteiger partial charge in [0.25, 0.3) is 5.56 Å². The molecule has 8 heteroatoms. The molecule has 0 saturated carbocycles. The van der Waals surface area contributed by atoms with Gasteiger partial charge in [-0.05, 0) is 24.3 Å². The van der Waals surface area contributed by atoms with E-state index in [1.165, 1.54) is 24.9 Å². The molecule has 0 fully saturated rings. The normalized spacial score (nSPS) is 10.7. The van der Waals surface area contributed by atoms with Gasteiger partial charge >= 0.3 is 5.97 Å². The highest BCUT2D eigenvalue weighted by Gasteiger charge is 2.12. The van der Waals surface area contributed by atoms with Crippen LogP contribution in [0.5, 0.6) is 0 Å². The van der Waals surface area contributed by atoms with Gasteiger partial charge in [-0.15, -0.1) is 11.8 Å². The molecule has 2 aromatic heterocycles. The van der Waals surface area contributed by atoms with E-state index in [1.807, 2.05) is 30.3 Å². The molecule has 3 rings (SSSR count). The highest BCUT2D eigenvalue weighted by Crippen LogP contribution is 2.23. The summed E-state index contributed by atoms with van der Waals surface area (Å²) in [5, 5.41) is 0.511. The first-order valence-corrected chi connectivity index (χ1v) is 9.69. The number of hydrogen-bond donors (Lipinski definition) is 1. The maximum absolute atomic E-state index is 11.9. The largest absolute Gasteiger partial charge is 0.463 e. The first-order chi connectivity index (χ1) is 12.6. The van der Waals surface area contributed by atoms with Gasteiger partial charge in [-0.3, -0.25) is 4.79 Å². The highest BCUT2D eigenvalue weighted by atomic mass is 32.2. The summed E-state index contributed by atoms with van der Waals surface area (Å²) in [6, 6.07) is 14.7. The molecule has 0 aliphatic carbocycles. The third-order valence-corrected chi connectivity index (χ3v) is 5.24. The molecule has 0 aliphatic rings. The topological polar surface area (TPSA) is 85.2 Å². The fraction of sp³-hybridized carbons (Fsp3) is 0.167. The van der Waals surface area contributed by atoms with E-state index in [0.29, 0.717) is 28.1 Å². The number of aromatic nitrogens is 2. The number of rotatable bonds is 7. The van der Waals surface area contributed by atoms with Gasteiger partial charge in [-0.25, -0.2) is 9.78 Å². The summed E-state index contributed by atoms with van der Waals surface area (Å²) in [7, 11) is 1.30. The molecule has 0 unspecified atom stereocenters. The number of hydrogen-bond acceptors (Lipinski definition) is 7. The Labute approximate surface area is 158 Å². The van der Waals surface area contributed by atoms with E-state index in [0.717, 1.165) is 4.90 Å². The Morgan fingerprint density at radius 2 is 1.96 bits per heavy atom. The van der Waals surface area contributed by atoms with E-state index >= 15 is 0 Å². The van der Waals surface area contributed by atoms with E-state index in [9.17, 15) is 9.59 Å². The quantitative estimate of drug-likeness (QED) is 0.375. The second-order valence-electron chi connectivity index (χ2n) is 5.19. The lowest BCUT2D eigenvalue weighted by Gasteiger charge is -2.04. The molecule has 134 valence electrons. The van der Waals surface area contributed by atoms with Gasteiger partial charge in [-0.2, -0.15) is 0 Å². The molecule has 0 spiro atoms. The van der Waals surface area contributed by atoms with Crippen molar-refractivity contribution in [2.75, 3.05) is 7.11 Å². The molecule has 3 aromatic rings. The highest BCUT2D eigenvalue weighted by molar-refractivity contribution is 7.98. The van der Waals surface area contributed by atoms with Crippen LogP contribution >= 0.6 is 23.5 Å². The third kappa shape index (κ3) is 5.03. The van der Waals surface area contributed by atoms with Crippen LogP contribution in [0.3, 0.4) is 0 Å². The first kappa shape index (κ1) is 18.3. The summed E-state index contributed by atoms with van der Waals surface area (Å²) in [6.45, 7) is 0. The van der Waals surface area contributed by atoms with Crippen LogP contribution < -0.4 is 5.56 Å². The van der Waals surface area contributed by atoms with Crippen LogP contribution in [0.15, 0.2) is 67.8 Å². The summed E-state index contributed by atoms with van der Waals surface area (Å²) in [6.07, 6.45) is 0. The van der Waals surface area contributed by atoms with Crippen molar-refractivity contribution in [3.8, 4) is 0 Å². The second kappa shape index (κ2) is 8.77. The van der Waals surface area contributed by atoms with E-state index < -0.39 is 5.97 Å². The van der Waals surface area contributed by atoms with Crippen molar-refractivity contribution >= 4 is 29.5 Å². The van der Waals surface area contributed by atoms with Crippen molar-refractivity contribution in [2.45, 2.75) is 21.6 Å². The predicted octanol–water partition coefficient (Wildman–Crippen LogP) is 3.73. The van der Waals surface area contributed by atoms with Gasteiger partial charge < -0.3 is 14.1 Å². The number of nitrogens with zero attached hydrogens (tertiary/aromatic N) is 1. The predicted molar refractivity (Wildman–Crippen MR) is 100 cm³/mol. The minimum atomic E-state index is -0.521. The van der Waals surface area contributed by atoms with E-state index in [4.69, 9.17) is 4.42 Å². The molecule has 1 N–H and O–H groups in total. The molecule has 0 saturated heterocycles. The number of esters is 1. The number of benzene rings is 1. The van der Waals surface area contributed by atoms with Crippen molar-refractivity contribution in [3.05, 3.63) is 76.1 Å². The summed E-state index contributed by atoms with van der Waals surface area (Å²) >= 11 is 2.95. The van der Waals surface area contributed by atoms with E-state index in [2.05, 4.69) is 14.7 Å². The zero-order valence-corrected chi connectivity index (χ0v) is 15.6. The Morgan fingerprint density at radius 3 is 2.73 bits per heavy atom. The molecule has 6 nitrogen and oxygen atoms in total. The molecular formula is C18H16N2O4S2. The van der Waals surface area contributed by atoms with Gasteiger partial charge in [0.05, 0.1) is 18.6 Å². The number of ether oxygens (including phenoxy) is 1. The lowest BCUT2D eigenvalue weighted by atomic mass is 10.4. The zero-order valence-electron chi connectivity index (χ0n) is 13.9. The summed E-state index contributed by atoms with van der Waals surface area (Å²) in [4.78, 5) is 31.6. The summed E-state index contributed by atoms with van der Waals surface area (Å²) < 4.78 is 10.0. The van der Waals surface area contributed by atoms with Crippen molar-refractivity contribution in [1.29, 1.82) is 0 Å². The van der Waals surface area contributed by atoms with E-state index in [-0.39, 0.29) is 11.3 Å². The Kier molecular flexibility index (Phi) is 6.19. The van der Waals surface area contributed by atoms with Crippen LogP contribution in [0.1, 0.15) is 22.0 Å². The van der Waals surface area contributed by atoms with Gasteiger partial charge in [0.15, 0.2) is 5.16 Å². The minimum Gasteiger partial charge on any atom is -0.463 e. The second-order valence-corrected chi connectivity index (χ2v) is 7.20. The molecule has 0 atom stereocenters. The van der Waals surface area contributed by atoms with Crippen LogP contribution in [0.25, 0.3) is 0 Å². The number of nitrogens with one attached hydrogen (secondary N) is 1. The maximum atomic E-state index is 11.9. The molecule has 2 heterocycles. The maximum Gasteiger partial charge on any atom is 0.373 e. The lowest BCUT2D eigenvalue weighted by Crippen LogP contribution is -2.09. The molecule has 1 aromatic carbocycles. The number of aromatic amines is 1. The van der Waals surface area contributed by atoms with Gasteiger partial charge in [-0.1, -0.05) is 30.0 Å². The van der Waals surface area contributed by atoms with Crippen LogP contribution in [0.2, 0.25) is 0 Å². The van der Waals surface area contributed by atoms with E-state index in [1.54, 1.807) is 23.9 Å². The van der Waals surface area contributed by atoms with Crippen molar-refractivity contribution in [1.82, 2.24) is 9.97 Å². The van der Waals surface area contributed by atoms with Crippen molar-refractivity contribution in [3.63, 3.8) is 0 Å². The Balaban J connectivity index is 1.63. The number of H-pyrrole nitrogens is 1. The fourth-order valence-electron chi connectivity index (χ4n) is 2.11. The Bertz CT molecular complexity index is 938. The van der Waals surface area contributed by atoms with Gasteiger partial charge in [0, 0.05) is 16.7 Å². The number of thioether (sulfide) groups is 2. The number of carbonyl (C=O) groups excluding carboxylic acids is 1. The lowest BCUT2D eigenvalue weighted by molar-refractivity contribution is 0.0563. The first-order valence-electron chi connectivity index (χ1n) is 7.72. The number of carbonyl (C=O) groups is 1. The van der Waals surface area contributed by atoms with Crippen molar-refractivity contribution < 1.29 is 13.9 Å². The monoisotopic (exact) mass is 388 g/mol. The summed E-state index contributed by atoms with van der Waals surface area (Å²) in [5.41, 5.74) is 0.514. The molecule has 0 radical (unpaired) electrons. The number of methoxy groups -OCH3 is 1. The van der Waals surface area contributed by atoms with Crippen LogP contribution in [-0.4, -0.2) is 23.0 Å². The van der Waals surface area contributed by atoms with Gasteiger partial charge in [0.2, 0.25) is 5.76 Å². The third-order valence-electron chi connectivity index (χ3n) is 3.30. The van der Waals surface area contributed by atoms with Gasteiger partial charge in [0.1, 0.15) is 5.76 Å².